The standard InChI is InChI=1S/C14H15N5O2S/c1-10-13(17-9-16-10)14-15-6-7-19(14)12-5-3-4-11(8-12)18-22(2,20)21/h3-9,18H,1-2H3,(H,16,17). The van der Waals surface area contributed by atoms with Crippen LogP contribution in [0.4, 0.5) is 5.69 Å². The molecule has 3 aromatic rings. The van der Waals surface area contributed by atoms with E-state index in [1.54, 1.807) is 30.7 Å². The number of hydrogen-bond donors (Lipinski definition) is 2. The van der Waals surface area contributed by atoms with Gasteiger partial charge in [0.05, 0.1) is 18.3 Å². The zero-order valence-corrected chi connectivity index (χ0v) is 12.9. The fourth-order valence-electron chi connectivity index (χ4n) is 2.20. The highest BCUT2D eigenvalue weighted by Crippen LogP contribution is 2.23. The van der Waals surface area contributed by atoms with Gasteiger partial charge in [0.1, 0.15) is 5.69 Å². The van der Waals surface area contributed by atoms with Crippen LogP contribution in [0, 0.1) is 6.92 Å². The smallest absolute Gasteiger partial charge is 0.229 e. The van der Waals surface area contributed by atoms with Crippen LogP contribution in [-0.4, -0.2) is 34.2 Å². The minimum absolute atomic E-state index is 0.499. The Kier molecular flexibility index (Phi) is 3.45. The minimum Gasteiger partial charge on any atom is -0.348 e. The third-order valence-corrected chi connectivity index (χ3v) is 3.72. The molecule has 3 rings (SSSR count). The lowest BCUT2D eigenvalue weighted by Gasteiger charge is -2.10. The Morgan fingerprint density at radius 1 is 1.27 bits per heavy atom. The van der Waals surface area contributed by atoms with E-state index < -0.39 is 10.0 Å². The highest BCUT2D eigenvalue weighted by atomic mass is 32.2. The molecule has 0 bridgehead atoms. The van der Waals surface area contributed by atoms with E-state index in [9.17, 15) is 8.42 Å². The molecule has 0 amide bonds. The maximum Gasteiger partial charge on any atom is 0.229 e. The van der Waals surface area contributed by atoms with Gasteiger partial charge in [0.2, 0.25) is 10.0 Å². The summed E-state index contributed by atoms with van der Waals surface area (Å²) in [5, 5.41) is 0. The van der Waals surface area contributed by atoms with E-state index in [1.165, 1.54) is 0 Å². The van der Waals surface area contributed by atoms with E-state index in [0.717, 1.165) is 23.3 Å². The van der Waals surface area contributed by atoms with Gasteiger partial charge >= 0.3 is 0 Å². The van der Waals surface area contributed by atoms with Crippen LogP contribution in [0.25, 0.3) is 17.2 Å². The molecule has 0 aliphatic rings. The van der Waals surface area contributed by atoms with Gasteiger partial charge in [0, 0.05) is 23.8 Å². The summed E-state index contributed by atoms with van der Waals surface area (Å²) in [6.07, 6.45) is 6.23. The first-order valence-corrected chi connectivity index (χ1v) is 8.45. The van der Waals surface area contributed by atoms with Crippen LogP contribution in [0.3, 0.4) is 0 Å². The molecule has 22 heavy (non-hydrogen) atoms. The second-order valence-corrected chi connectivity index (χ2v) is 6.67. The molecule has 7 nitrogen and oxygen atoms in total. The van der Waals surface area contributed by atoms with Gasteiger partial charge in [-0.05, 0) is 25.1 Å². The predicted molar refractivity (Wildman–Crippen MR) is 84.3 cm³/mol. The Hall–Kier alpha value is -2.61. The number of benzene rings is 1. The Bertz CT molecular complexity index is 911. The molecule has 2 aromatic heterocycles. The number of sulfonamides is 1. The molecule has 0 saturated heterocycles. The van der Waals surface area contributed by atoms with Crippen molar-refractivity contribution < 1.29 is 8.42 Å². The lowest BCUT2D eigenvalue weighted by molar-refractivity contribution is 0.607. The van der Waals surface area contributed by atoms with Crippen LogP contribution < -0.4 is 4.72 Å². The molecule has 0 fully saturated rings. The fourth-order valence-corrected chi connectivity index (χ4v) is 2.76. The number of imidazole rings is 2. The van der Waals surface area contributed by atoms with Crippen LogP contribution in [0.2, 0.25) is 0 Å². The molecule has 0 aliphatic carbocycles. The maximum absolute atomic E-state index is 11.4. The normalized spacial score (nSPS) is 11.5. The first-order valence-electron chi connectivity index (χ1n) is 6.56. The van der Waals surface area contributed by atoms with E-state index >= 15 is 0 Å². The second kappa shape index (κ2) is 5.30. The number of rotatable bonds is 4. The number of aryl methyl sites for hydroxylation is 1. The van der Waals surface area contributed by atoms with Gasteiger partial charge in [-0.25, -0.2) is 18.4 Å². The summed E-state index contributed by atoms with van der Waals surface area (Å²) >= 11 is 0. The molecular weight excluding hydrogens is 302 g/mol. The average molecular weight is 317 g/mol. The van der Waals surface area contributed by atoms with Gasteiger partial charge in [0.25, 0.3) is 0 Å². The summed E-state index contributed by atoms with van der Waals surface area (Å²) < 4.78 is 27.0. The molecule has 2 N–H and O–H groups in total. The van der Waals surface area contributed by atoms with Crippen LogP contribution in [0.1, 0.15) is 5.69 Å². The molecule has 0 unspecified atom stereocenters. The molecule has 1 aromatic carbocycles. The summed E-state index contributed by atoms with van der Waals surface area (Å²) in [7, 11) is -3.32. The monoisotopic (exact) mass is 317 g/mol. The third kappa shape index (κ3) is 2.86. The van der Waals surface area contributed by atoms with Gasteiger partial charge in [-0.3, -0.25) is 9.29 Å². The summed E-state index contributed by atoms with van der Waals surface area (Å²) in [6, 6.07) is 7.10. The van der Waals surface area contributed by atoms with Gasteiger partial charge in [-0.15, -0.1) is 0 Å². The zero-order chi connectivity index (χ0) is 15.7. The number of anilines is 1. The molecule has 2 heterocycles. The minimum atomic E-state index is -3.32. The SMILES string of the molecule is Cc1[nH]cnc1-c1nccn1-c1cccc(NS(C)(=O)=O)c1. The molecule has 0 aliphatic heterocycles. The van der Waals surface area contributed by atoms with E-state index in [0.29, 0.717) is 11.5 Å². The predicted octanol–water partition coefficient (Wildman–Crippen LogP) is 1.94. The Balaban J connectivity index is 2.05. The summed E-state index contributed by atoms with van der Waals surface area (Å²) in [5.74, 6) is 0.690. The Morgan fingerprint density at radius 3 is 2.77 bits per heavy atom. The molecule has 0 spiro atoms. The first-order chi connectivity index (χ1) is 10.4. The highest BCUT2D eigenvalue weighted by molar-refractivity contribution is 7.92. The lowest BCUT2D eigenvalue weighted by Crippen LogP contribution is -2.09. The Labute approximate surface area is 128 Å². The van der Waals surface area contributed by atoms with Crippen molar-refractivity contribution in [2.45, 2.75) is 6.92 Å². The summed E-state index contributed by atoms with van der Waals surface area (Å²) in [5.41, 5.74) is 2.96. The molecule has 114 valence electrons. The number of hydrogen-bond acceptors (Lipinski definition) is 4. The number of H-pyrrole nitrogens is 1. The van der Waals surface area contributed by atoms with E-state index in [1.807, 2.05) is 23.8 Å². The summed E-state index contributed by atoms with van der Waals surface area (Å²) in [4.78, 5) is 11.6. The first kappa shape index (κ1) is 14.3. The van der Waals surface area contributed by atoms with Crippen molar-refractivity contribution >= 4 is 15.7 Å². The van der Waals surface area contributed by atoms with Crippen LogP contribution >= 0.6 is 0 Å². The summed E-state index contributed by atoms with van der Waals surface area (Å²) in [6.45, 7) is 1.92. The van der Waals surface area contributed by atoms with Crippen molar-refractivity contribution in [2.75, 3.05) is 11.0 Å². The van der Waals surface area contributed by atoms with Crippen molar-refractivity contribution in [3.05, 3.63) is 48.7 Å². The molecule has 0 radical (unpaired) electrons. The second-order valence-electron chi connectivity index (χ2n) is 4.92. The zero-order valence-electron chi connectivity index (χ0n) is 12.1. The van der Waals surface area contributed by atoms with Crippen molar-refractivity contribution in [2.24, 2.45) is 0 Å². The van der Waals surface area contributed by atoms with Gasteiger partial charge < -0.3 is 4.98 Å². The van der Waals surface area contributed by atoms with Crippen molar-refractivity contribution in [1.82, 2.24) is 19.5 Å². The topological polar surface area (TPSA) is 92.7 Å². The maximum atomic E-state index is 11.4. The van der Waals surface area contributed by atoms with Gasteiger partial charge in [-0.1, -0.05) is 6.07 Å². The Morgan fingerprint density at radius 2 is 2.09 bits per heavy atom. The van der Waals surface area contributed by atoms with Crippen molar-refractivity contribution in [1.29, 1.82) is 0 Å². The molecule has 8 heteroatoms. The molecular formula is C14H15N5O2S. The number of aromatic amines is 1. The fraction of sp³-hybridized carbons (Fsp3) is 0.143. The van der Waals surface area contributed by atoms with E-state index in [4.69, 9.17) is 0 Å². The van der Waals surface area contributed by atoms with Gasteiger partial charge in [-0.2, -0.15) is 0 Å². The van der Waals surface area contributed by atoms with Crippen molar-refractivity contribution in [3.8, 4) is 17.2 Å². The van der Waals surface area contributed by atoms with Gasteiger partial charge in [0.15, 0.2) is 5.82 Å². The lowest BCUT2D eigenvalue weighted by atomic mass is 10.2. The van der Waals surface area contributed by atoms with Crippen LogP contribution in [0.5, 0.6) is 0 Å². The highest BCUT2D eigenvalue weighted by Gasteiger charge is 2.13. The van der Waals surface area contributed by atoms with E-state index in [-0.39, 0.29) is 0 Å². The number of nitrogens with zero attached hydrogens (tertiary/aromatic N) is 3. The van der Waals surface area contributed by atoms with E-state index in [2.05, 4.69) is 19.7 Å². The van der Waals surface area contributed by atoms with Crippen molar-refractivity contribution in [3.63, 3.8) is 0 Å². The quantitative estimate of drug-likeness (QED) is 0.769. The van der Waals surface area contributed by atoms with Crippen LogP contribution in [-0.2, 0) is 10.0 Å². The molecule has 0 atom stereocenters. The third-order valence-electron chi connectivity index (χ3n) is 3.11. The molecule has 0 saturated carbocycles. The average Bonchev–Trinajstić information content (AvgIpc) is 3.05. The number of aromatic nitrogens is 4. The number of nitrogens with one attached hydrogen (secondary N) is 2. The van der Waals surface area contributed by atoms with Crippen LogP contribution in [0.15, 0.2) is 43.0 Å². The largest absolute Gasteiger partial charge is 0.348 e.